The topological polar surface area (TPSA) is 61.4 Å². The molecule has 0 aromatic heterocycles. The highest BCUT2D eigenvalue weighted by Crippen LogP contribution is 2.00. The van der Waals surface area contributed by atoms with Crippen LogP contribution in [0.2, 0.25) is 0 Å². The number of unbranched alkanes of at least 4 members (excludes halogenated alkanes) is 1. The zero-order valence-electron chi connectivity index (χ0n) is 10.6. The van der Waals surface area contributed by atoms with Crippen molar-refractivity contribution in [2.75, 3.05) is 32.7 Å². The fraction of sp³-hybridized carbons (Fsp3) is 0.833. The Hall–Kier alpha value is -1.10. The number of rotatable bonds is 6. The van der Waals surface area contributed by atoms with Gasteiger partial charge in [-0.1, -0.05) is 13.3 Å². The van der Waals surface area contributed by atoms with Crippen LogP contribution in [0, 0.1) is 0 Å². The molecule has 0 radical (unpaired) electrons. The van der Waals surface area contributed by atoms with Crippen LogP contribution in [-0.2, 0) is 9.59 Å². The lowest BCUT2D eigenvalue weighted by Gasteiger charge is -2.27. The smallest absolute Gasteiger partial charge is 0.223 e. The van der Waals surface area contributed by atoms with Gasteiger partial charge in [-0.3, -0.25) is 9.59 Å². The van der Waals surface area contributed by atoms with Crippen LogP contribution < -0.4 is 10.6 Å². The van der Waals surface area contributed by atoms with E-state index in [2.05, 4.69) is 17.6 Å². The summed E-state index contributed by atoms with van der Waals surface area (Å²) in [5.74, 6) is 0.0825. The Morgan fingerprint density at radius 2 is 1.94 bits per heavy atom. The van der Waals surface area contributed by atoms with Crippen LogP contribution in [0.1, 0.15) is 32.6 Å². The highest BCUT2D eigenvalue weighted by molar-refractivity contribution is 5.83. The first kappa shape index (κ1) is 14.0. The minimum absolute atomic E-state index is 0.0121. The van der Waals surface area contributed by atoms with Crippen molar-refractivity contribution in [2.24, 2.45) is 0 Å². The second kappa shape index (κ2) is 8.06. The summed E-state index contributed by atoms with van der Waals surface area (Å²) in [5.41, 5.74) is 0. The molecule has 0 aliphatic carbocycles. The Bertz CT molecular complexity index is 250. The normalized spacial score (nSPS) is 15.7. The molecule has 1 fully saturated rings. The van der Waals surface area contributed by atoms with Crippen molar-refractivity contribution in [3.8, 4) is 0 Å². The molecule has 5 nitrogen and oxygen atoms in total. The minimum atomic E-state index is -0.0121. The van der Waals surface area contributed by atoms with E-state index in [1.54, 1.807) is 0 Å². The quantitative estimate of drug-likeness (QED) is 0.649. The molecule has 0 saturated carbocycles. The first-order valence-electron chi connectivity index (χ1n) is 6.49. The SMILES string of the molecule is CCCCNC(=O)CCC(=O)N1CCNCC1. The van der Waals surface area contributed by atoms with Gasteiger partial charge in [-0.15, -0.1) is 0 Å². The molecule has 1 aliphatic heterocycles. The van der Waals surface area contributed by atoms with Gasteiger partial charge in [-0.25, -0.2) is 0 Å². The Labute approximate surface area is 103 Å². The number of nitrogens with one attached hydrogen (secondary N) is 2. The largest absolute Gasteiger partial charge is 0.356 e. The molecule has 98 valence electrons. The summed E-state index contributed by atoms with van der Waals surface area (Å²) in [6.45, 7) is 6.03. The molecule has 1 heterocycles. The van der Waals surface area contributed by atoms with Gasteiger partial charge in [-0.2, -0.15) is 0 Å². The Kier molecular flexibility index (Phi) is 6.62. The highest BCUT2D eigenvalue weighted by Gasteiger charge is 2.16. The van der Waals surface area contributed by atoms with Crippen molar-refractivity contribution in [1.82, 2.24) is 15.5 Å². The number of carbonyl (C=O) groups is 2. The van der Waals surface area contributed by atoms with Crippen molar-refractivity contribution in [3.63, 3.8) is 0 Å². The number of piperazine rings is 1. The van der Waals surface area contributed by atoms with Crippen LogP contribution in [0.25, 0.3) is 0 Å². The average molecular weight is 241 g/mol. The van der Waals surface area contributed by atoms with Crippen LogP contribution in [0.5, 0.6) is 0 Å². The molecule has 0 atom stereocenters. The fourth-order valence-corrected chi connectivity index (χ4v) is 1.79. The fourth-order valence-electron chi connectivity index (χ4n) is 1.79. The standard InChI is InChI=1S/C12H23N3O2/c1-2-3-6-14-11(16)4-5-12(17)15-9-7-13-8-10-15/h13H,2-10H2,1H3,(H,14,16). The third-order valence-corrected chi connectivity index (χ3v) is 2.89. The molecule has 5 heteroatoms. The second-order valence-corrected chi connectivity index (χ2v) is 4.33. The van der Waals surface area contributed by atoms with Gasteiger partial charge in [0.05, 0.1) is 0 Å². The van der Waals surface area contributed by atoms with E-state index in [9.17, 15) is 9.59 Å². The van der Waals surface area contributed by atoms with Gasteiger partial charge in [0.15, 0.2) is 0 Å². The number of hydrogen-bond donors (Lipinski definition) is 2. The average Bonchev–Trinajstić information content (AvgIpc) is 2.37. The Morgan fingerprint density at radius 3 is 2.59 bits per heavy atom. The first-order chi connectivity index (χ1) is 8.24. The summed E-state index contributed by atoms with van der Waals surface area (Å²) in [7, 11) is 0. The predicted octanol–water partition coefficient (Wildman–Crippen LogP) is 0.115. The molecule has 17 heavy (non-hydrogen) atoms. The molecular formula is C12H23N3O2. The van der Waals surface area contributed by atoms with E-state index in [0.29, 0.717) is 12.8 Å². The maximum Gasteiger partial charge on any atom is 0.223 e. The molecule has 2 N–H and O–H groups in total. The van der Waals surface area contributed by atoms with Gasteiger partial charge in [0.1, 0.15) is 0 Å². The Morgan fingerprint density at radius 1 is 1.24 bits per heavy atom. The summed E-state index contributed by atoms with van der Waals surface area (Å²) in [5, 5.41) is 6.02. The Balaban J connectivity index is 2.11. The van der Waals surface area contributed by atoms with E-state index in [1.165, 1.54) is 0 Å². The highest BCUT2D eigenvalue weighted by atomic mass is 16.2. The van der Waals surface area contributed by atoms with Crippen LogP contribution in [0.3, 0.4) is 0 Å². The molecule has 0 bridgehead atoms. The lowest BCUT2D eigenvalue weighted by atomic mass is 10.2. The van der Waals surface area contributed by atoms with Crippen LogP contribution in [0.4, 0.5) is 0 Å². The lowest BCUT2D eigenvalue weighted by Crippen LogP contribution is -2.46. The zero-order valence-corrected chi connectivity index (χ0v) is 10.6. The van der Waals surface area contributed by atoms with Gasteiger partial charge >= 0.3 is 0 Å². The van der Waals surface area contributed by atoms with E-state index in [0.717, 1.165) is 45.6 Å². The maximum atomic E-state index is 11.8. The van der Waals surface area contributed by atoms with Crippen LogP contribution >= 0.6 is 0 Å². The van der Waals surface area contributed by atoms with Crippen LogP contribution in [0.15, 0.2) is 0 Å². The molecule has 0 spiro atoms. The third kappa shape index (κ3) is 5.68. The van der Waals surface area contributed by atoms with Crippen molar-refractivity contribution in [3.05, 3.63) is 0 Å². The van der Waals surface area contributed by atoms with E-state index in [4.69, 9.17) is 0 Å². The zero-order chi connectivity index (χ0) is 12.5. The summed E-state index contributed by atoms with van der Waals surface area (Å²) in [4.78, 5) is 25.0. The maximum absolute atomic E-state index is 11.8. The van der Waals surface area contributed by atoms with Gasteiger partial charge in [-0.05, 0) is 6.42 Å². The van der Waals surface area contributed by atoms with E-state index in [1.807, 2.05) is 4.90 Å². The summed E-state index contributed by atoms with van der Waals surface area (Å²) >= 11 is 0. The van der Waals surface area contributed by atoms with E-state index >= 15 is 0 Å². The summed E-state index contributed by atoms with van der Waals surface area (Å²) in [6.07, 6.45) is 2.71. The van der Waals surface area contributed by atoms with Crippen molar-refractivity contribution in [1.29, 1.82) is 0 Å². The number of amides is 2. The molecule has 2 amide bonds. The molecule has 0 unspecified atom stereocenters. The third-order valence-electron chi connectivity index (χ3n) is 2.89. The number of carbonyl (C=O) groups excluding carboxylic acids is 2. The molecular weight excluding hydrogens is 218 g/mol. The van der Waals surface area contributed by atoms with E-state index < -0.39 is 0 Å². The first-order valence-corrected chi connectivity index (χ1v) is 6.49. The molecule has 1 rings (SSSR count). The monoisotopic (exact) mass is 241 g/mol. The van der Waals surface area contributed by atoms with Crippen molar-refractivity contribution in [2.45, 2.75) is 32.6 Å². The lowest BCUT2D eigenvalue weighted by molar-refractivity contribution is -0.134. The number of hydrogen-bond acceptors (Lipinski definition) is 3. The molecule has 1 saturated heterocycles. The second-order valence-electron chi connectivity index (χ2n) is 4.33. The molecule has 0 aromatic rings. The van der Waals surface area contributed by atoms with Gasteiger partial charge in [0.25, 0.3) is 0 Å². The summed E-state index contributed by atoms with van der Waals surface area (Å²) in [6, 6.07) is 0. The van der Waals surface area contributed by atoms with Gasteiger partial charge in [0, 0.05) is 45.6 Å². The minimum Gasteiger partial charge on any atom is -0.356 e. The molecule has 1 aliphatic rings. The van der Waals surface area contributed by atoms with Gasteiger partial charge < -0.3 is 15.5 Å². The van der Waals surface area contributed by atoms with Crippen molar-refractivity contribution < 1.29 is 9.59 Å². The van der Waals surface area contributed by atoms with Crippen molar-refractivity contribution >= 4 is 11.8 Å². The molecule has 0 aromatic carbocycles. The van der Waals surface area contributed by atoms with Crippen LogP contribution in [-0.4, -0.2) is 49.4 Å². The summed E-state index contributed by atoms with van der Waals surface area (Å²) < 4.78 is 0. The van der Waals surface area contributed by atoms with E-state index in [-0.39, 0.29) is 11.8 Å². The van der Waals surface area contributed by atoms with Gasteiger partial charge in [0.2, 0.25) is 11.8 Å². The predicted molar refractivity (Wildman–Crippen MR) is 66.6 cm³/mol. The number of nitrogens with zero attached hydrogens (tertiary/aromatic N) is 1.